The molecule has 28 heavy (non-hydrogen) atoms. The van der Waals surface area contributed by atoms with Crippen LogP contribution in [0, 0.1) is 19.3 Å². The number of amides is 2. The van der Waals surface area contributed by atoms with Crippen LogP contribution in [0.5, 0.6) is 0 Å². The highest BCUT2D eigenvalue weighted by Crippen LogP contribution is 2.26. The van der Waals surface area contributed by atoms with Crippen molar-refractivity contribution in [2.45, 2.75) is 65.8 Å². The van der Waals surface area contributed by atoms with Crippen molar-refractivity contribution in [2.24, 2.45) is 5.41 Å². The molecule has 1 aliphatic carbocycles. The van der Waals surface area contributed by atoms with Crippen LogP contribution in [0.4, 0.5) is 5.69 Å². The van der Waals surface area contributed by atoms with Gasteiger partial charge < -0.3 is 15.1 Å². The van der Waals surface area contributed by atoms with Crippen molar-refractivity contribution in [3.8, 4) is 0 Å². The minimum atomic E-state index is -1.02. The summed E-state index contributed by atoms with van der Waals surface area (Å²) in [6.45, 7) is 10.7. The van der Waals surface area contributed by atoms with E-state index in [0.29, 0.717) is 13.1 Å². The zero-order chi connectivity index (χ0) is 20.3. The molecule has 1 saturated carbocycles. The Morgan fingerprint density at radius 1 is 1.00 bits per heavy atom. The molecule has 1 heterocycles. The standard InChI is InChI=1S/C23H35N3O2/c1-17-9-8-12-20(18(17)2)25-13-15-26(16-14-25)22(28)23(3,4)21(27)24-19-10-6-5-7-11-19/h8-9,12,19H,5-7,10-11,13-16H2,1-4H3,(H,24,27). The van der Waals surface area contributed by atoms with E-state index in [9.17, 15) is 9.59 Å². The summed E-state index contributed by atoms with van der Waals surface area (Å²) in [6, 6.07) is 6.61. The van der Waals surface area contributed by atoms with E-state index in [1.54, 1.807) is 13.8 Å². The van der Waals surface area contributed by atoms with Gasteiger partial charge in [0.1, 0.15) is 5.41 Å². The van der Waals surface area contributed by atoms with Gasteiger partial charge in [-0.3, -0.25) is 9.59 Å². The van der Waals surface area contributed by atoms with Crippen LogP contribution in [0.25, 0.3) is 0 Å². The van der Waals surface area contributed by atoms with Gasteiger partial charge in [-0.25, -0.2) is 0 Å². The Bertz CT molecular complexity index is 715. The summed E-state index contributed by atoms with van der Waals surface area (Å²) < 4.78 is 0. The van der Waals surface area contributed by atoms with Crippen LogP contribution in [-0.2, 0) is 9.59 Å². The van der Waals surface area contributed by atoms with E-state index in [1.165, 1.54) is 36.1 Å². The van der Waals surface area contributed by atoms with Crippen molar-refractivity contribution in [1.82, 2.24) is 10.2 Å². The highest BCUT2D eigenvalue weighted by molar-refractivity contribution is 6.04. The van der Waals surface area contributed by atoms with Crippen molar-refractivity contribution < 1.29 is 9.59 Å². The lowest BCUT2D eigenvalue weighted by atomic mass is 9.88. The van der Waals surface area contributed by atoms with Crippen molar-refractivity contribution in [2.75, 3.05) is 31.1 Å². The number of hydrogen-bond acceptors (Lipinski definition) is 3. The Kier molecular flexibility index (Phi) is 6.31. The number of nitrogens with one attached hydrogen (secondary N) is 1. The van der Waals surface area contributed by atoms with Crippen LogP contribution < -0.4 is 10.2 Å². The van der Waals surface area contributed by atoms with Crippen molar-refractivity contribution in [3.63, 3.8) is 0 Å². The maximum absolute atomic E-state index is 13.1. The SMILES string of the molecule is Cc1cccc(N2CCN(C(=O)C(C)(C)C(=O)NC3CCCCC3)CC2)c1C. The Morgan fingerprint density at radius 3 is 2.29 bits per heavy atom. The number of benzene rings is 1. The fourth-order valence-electron chi connectivity index (χ4n) is 4.33. The second-order valence-corrected chi connectivity index (χ2v) is 8.93. The number of piperazine rings is 1. The van der Waals surface area contributed by atoms with Gasteiger partial charge in [-0.1, -0.05) is 31.4 Å². The predicted octanol–water partition coefficient (Wildman–Crippen LogP) is 3.43. The molecule has 1 aliphatic heterocycles. The van der Waals surface area contributed by atoms with Gasteiger partial charge in [0.05, 0.1) is 0 Å². The van der Waals surface area contributed by atoms with Crippen molar-refractivity contribution in [3.05, 3.63) is 29.3 Å². The first kappa shape index (κ1) is 20.7. The summed E-state index contributed by atoms with van der Waals surface area (Å²) in [4.78, 5) is 30.1. The number of carbonyl (C=O) groups excluding carboxylic acids is 2. The first-order valence-electron chi connectivity index (χ1n) is 10.7. The molecule has 0 radical (unpaired) electrons. The Morgan fingerprint density at radius 2 is 1.64 bits per heavy atom. The van der Waals surface area contributed by atoms with Crippen LogP contribution in [0.1, 0.15) is 57.1 Å². The van der Waals surface area contributed by atoms with Gasteiger partial charge in [0, 0.05) is 37.9 Å². The van der Waals surface area contributed by atoms with Gasteiger partial charge in [-0.2, -0.15) is 0 Å². The van der Waals surface area contributed by atoms with E-state index in [-0.39, 0.29) is 17.9 Å². The second-order valence-electron chi connectivity index (χ2n) is 8.93. The molecule has 0 spiro atoms. The minimum Gasteiger partial charge on any atom is -0.368 e. The molecule has 0 atom stereocenters. The molecule has 5 nitrogen and oxygen atoms in total. The smallest absolute Gasteiger partial charge is 0.237 e. The zero-order valence-corrected chi connectivity index (χ0v) is 17.9. The monoisotopic (exact) mass is 385 g/mol. The average Bonchev–Trinajstić information content (AvgIpc) is 2.70. The molecule has 0 bridgehead atoms. The van der Waals surface area contributed by atoms with E-state index in [4.69, 9.17) is 0 Å². The lowest BCUT2D eigenvalue weighted by Gasteiger charge is -2.40. The maximum atomic E-state index is 13.1. The van der Waals surface area contributed by atoms with Crippen LogP contribution >= 0.6 is 0 Å². The summed E-state index contributed by atoms with van der Waals surface area (Å²) in [5, 5.41) is 3.13. The number of anilines is 1. The topological polar surface area (TPSA) is 52.7 Å². The molecule has 2 fully saturated rings. The zero-order valence-electron chi connectivity index (χ0n) is 17.9. The predicted molar refractivity (Wildman–Crippen MR) is 114 cm³/mol. The van der Waals surface area contributed by atoms with E-state index in [2.05, 4.69) is 42.3 Å². The number of rotatable bonds is 4. The molecule has 0 aromatic heterocycles. The Hall–Kier alpha value is -2.04. The molecule has 2 aliphatic rings. The van der Waals surface area contributed by atoms with Gasteiger partial charge in [0.15, 0.2) is 0 Å². The third-order valence-electron chi connectivity index (χ3n) is 6.53. The molecule has 1 N–H and O–H groups in total. The van der Waals surface area contributed by atoms with E-state index < -0.39 is 5.41 Å². The van der Waals surface area contributed by atoms with Gasteiger partial charge in [0.25, 0.3) is 0 Å². The fourth-order valence-corrected chi connectivity index (χ4v) is 4.33. The molecule has 154 valence electrons. The largest absolute Gasteiger partial charge is 0.368 e. The maximum Gasteiger partial charge on any atom is 0.237 e. The number of nitrogens with zero attached hydrogens (tertiary/aromatic N) is 2. The van der Waals surface area contributed by atoms with Crippen molar-refractivity contribution >= 4 is 17.5 Å². The second kappa shape index (κ2) is 8.54. The third-order valence-corrected chi connectivity index (χ3v) is 6.53. The van der Waals surface area contributed by atoms with Gasteiger partial charge >= 0.3 is 0 Å². The molecule has 3 rings (SSSR count). The van der Waals surface area contributed by atoms with Crippen LogP contribution in [0.15, 0.2) is 18.2 Å². The van der Waals surface area contributed by atoms with Crippen LogP contribution in [0.2, 0.25) is 0 Å². The van der Waals surface area contributed by atoms with Gasteiger partial charge in [-0.15, -0.1) is 0 Å². The van der Waals surface area contributed by atoms with E-state index in [1.807, 2.05) is 4.90 Å². The summed E-state index contributed by atoms with van der Waals surface area (Å²) in [5.41, 5.74) is 2.83. The first-order chi connectivity index (χ1) is 13.3. The molecule has 1 aromatic carbocycles. The van der Waals surface area contributed by atoms with Gasteiger partial charge in [0.2, 0.25) is 11.8 Å². The molecule has 2 amide bonds. The summed E-state index contributed by atoms with van der Waals surface area (Å²) in [7, 11) is 0. The lowest BCUT2D eigenvalue weighted by Crippen LogP contribution is -2.56. The summed E-state index contributed by atoms with van der Waals surface area (Å²) in [5.74, 6) is -0.178. The number of carbonyl (C=O) groups is 2. The molecule has 0 unspecified atom stereocenters. The molecule has 5 heteroatoms. The highest BCUT2D eigenvalue weighted by atomic mass is 16.2. The van der Waals surface area contributed by atoms with Gasteiger partial charge in [-0.05, 0) is 57.7 Å². The quantitative estimate of drug-likeness (QED) is 0.808. The summed E-state index contributed by atoms with van der Waals surface area (Å²) in [6.07, 6.45) is 5.65. The fraction of sp³-hybridized carbons (Fsp3) is 0.652. The van der Waals surface area contributed by atoms with E-state index >= 15 is 0 Å². The molecular weight excluding hydrogens is 350 g/mol. The minimum absolute atomic E-state index is 0.0542. The Balaban J connectivity index is 1.58. The van der Waals surface area contributed by atoms with Crippen LogP contribution in [-0.4, -0.2) is 48.9 Å². The number of aryl methyl sites for hydroxylation is 1. The average molecular weight is 386 g/mol. The van der Waals surface area contributed by atoms with Crippen LogP contribution in [0.3, 0.4) is 0 Å². The molecule has 1 saturated heterocycles. The molecular formula is C23H35N3O2. The summed E-state index contributed by atoms with van der Waals surface area (Å²) >= 11 is 0. The third kappa shape index (κ3) is 4.34. The normalized spacial score (nSPS) is 18.9. The Labute approximate surface area is 169 Å². The molecule has 1 aromatic rings. The van der Waals surface area contributed by atoms with Crippen molar-refractivity contribution in [1.29, 1.82) is 0 Å². The highest BCUT2D eigenvalue weighted by Gasteiger charge is 2.40. The lowest BCUT2D eigenvalue weighted by molar-refractivity contribution is -0.149. The van der Waals surface area contributed by atoms with E-state index in [0.717, 1.165) is 25.9 Å². The first-order valence-corrected chi connectivity index (χ1v) is 10.7. The number of hydrogen-bond donors (Lipinski definition) is 1.